The number of alkyl halides is 1. The number of rotatable bonds is 3. The first-order valence-corrected chi connectivity index (χ1v) is 6.69. The normalized spacial score (nSPS) is 24.1. The molecule has 3 nitrogen and oxygen atoms in total. The number of oxime groups is 1. The van der Waals surface area contributed by atoms with Gasteiger partial charge in [-0.1, -0.05) is 33.2 Å². The van der Waals surface area contributed by atoms with E-state index >= 15 is 0 Å². The van der Waals surface area contributed by atoms with Crippen LogP contribution in [-0.4, -0.2) is 24.0 Å². The van der Waals surface area contributed by atoms with Crippen molar-refractivity contribution in [2.45, 2.75) is 25.0 Å². The van der Waals surface area contributed by atoms with Crippen molar-refractivity contribution in [2.24, 2.45) is 5.16 Å². The summed E-state index contributed by atoms with van der Waals surface area (Å²) >= 11 is 9.68. The van der Waals surface area contributed by atoms with Crippen LogP contribution in [0.1, 0.15) is 18.9 Å². The molecule has 1 aromatic carbocycles. The number of halogens is 2. The zero-order valence-corrected chi connectivity index (χ0v) is 11.7. The van der Waals surface area contributed by atoms with E-state index in [1.807, 2.05) is 31.2 Å². The predicted octanol–water partition coefficient (Wildman–Crippen LogP) is 3.54. The molecular weight excluding hydrogens is 305 g/mol. The molecule has 0 radical (unpaired) electrons. The van der Waals surface area contributed by atoms with Crippen LogP contribution >= 0.6 is 27.5 Å². The maximum atomic E-state index is 6.28. The molecule has 0 amide bonds. The van der Waals surface area contributed by atoms with E-state index in [2.05, 4.69) is 21.1 Å². The molecule has 0 bridgehead atoms. The highest BCUT2D eigenvalue weighted by Gasteiger charge is 2.27. The monoisotopic (exact) mass is 317 g/mol. The van der Waals surface area contributed by atoms with Crippen molar-refractivity contribution in [3.8, 4) is 0 Å². The molecule has 0 aromatic heterocycles. The molecular formula is C12H13BrClNO2. The predicted molar refractivity (Wildman–Crippen MR) is 71.4 cm³/mol. The SMILES string of the molecule is CCO[C@H]1C[C@@H](Cl)C(c2ccc(Br)cc2)=NO1. The second kappa shape index (κ2) is 5.85. The van der Waals surface area contributed by atoms with Gasteiger partial charge in [-0.05, 0) is 19.1 Å². The molecule has 0 saturated carbocycles. The Kier molecular flexibility index (Phi) is 4.42. The topological polar surface area (TPSA) is 30.8 Å². The summed E-state index contributed by atoms with van der Waals surface area (Å²) in [7, 11) is 0. The number of hydrogen-bond donors (Lipinski definition) is 0. The van der Waals surface area contributed by atoms with Gasteiger partial charge < -0.3 is 9.57 Å². The Morgan fingerprint density at radius 1 is 1.47 bits per heavy atom. The largest absolute Gasteiger partial charge is 0.363 e. The zero-order chi connectivity index (χ0) is 12.3. The average Bonchev–Trinajstić information content (AvgIpc) is 2.31. The van der Waals surface area contributed by atoms with Crippen molar-refractivity contribution in [1.82, 2.24) is 0 Å². The van der Waals surface area contributed by atoms with Crippen molar-refractivity contribution < 1.29 is 9.57 Å². The summed E-state index contributed by atoms with van der Waals surface area (Å²) in [5, 5.41) is 3.88. The number of nitrogens with zero attached hydrogens (tertiary/aromatic N) is 1. The molecule has 2 atom stereocenters. The summed E-state index contributed by atoms with van der Waals surface area (Å²) in [6, 6.07) is 7.83. The van der Waals surface area contributed by atoms with Crippen LogP contribution in [-0.2, 0) is 9.57 Å². The Bertz CT molecular complexity index is 407. The standard InChI is InChI=1S/C12H13BrClNO2/c1-2-16-11-7-10(14)12(15-17-11)8-3-5-9(13)6-4-8/h3-6,10-11H,2,7H2,1H3/t10-,11-/m1/s1. The van der Waals surface area contributed by atoms with Crippen LogP contribution in [0.15, 0.2) is 33.9 Å². The van der Waals surface area contributed by atoms with Gasteiger partial charge in [0.25, 0.3) is 0 Å². The molecule has 0 spiro atoms. The zero-order valence-electron chi connectivity index (χ0n) is 9.40. The third kappa shape index (κ3) is 3.21. The Morgan fingerprint density at radius 3 is 2.76 bits per heavy atom. The molecule has 0 N–H and O–H groups in total. The minimum Gasteiger partial charge on any atom is -0.363 e. The van der Waals surface area contributed by atoms with E-state index in [9.17, 15) is 0 Å². The second-order valence-electron chi connectivity index (χ2n) is 3.68. The van der Waals surface area contributed by atoms with Gasteiger partial charge >= 0.3 is 0 Å². The molecule has 0 aliphatic carbocycles. The van der Waals surface area contributed by atoms with Crippen LogP contribution in [0.2, 0.25) is 0 Å². The van der Waals surface area contributed by atoms with Crippen molar-refractivity contribution in [1.29, 1.82) is 0 Å². The Balaban J connectivity index is 2.14. The van der Waals surface area contributed by atoms with E-state index in [1.165, 1.54) is 0 Å². The van der Waals surface area contributed by atoms with Crippen LogP contribution in [0, 0.1) is 0 Å². The Hall–Kier alpha value is -0.580. The quantitative estimate of drug-likeness (QED) is 0.798. The lowest BCUT2D eigenvalue weighted by Gasteiger charge is -2.24. The van der Waals surface area contributed by atoms with Crippen LogP contribution in [0.4, 0.5) is 0 Å². The van der Waals surface area contributed by atoms with E-state index in [0.29, 0.717) is 13.0 Å². The number of benzene rings is 1. The Labute approximate surface area is 114 Å². The number of ether oxygens (including phenoxy) is 1. The molecule has 1 heterocycles. The van der Waals surface area contributed by atoms with Crippen molar-refractivity contribution >= 4 is 33.2 Å². The lowest BCUT2D eigenvalue weighted by Crippen LogP contribution is -2.30. The number of hydrogen-bond acceptors (Lipinski definition) is 3. The first-order valence-electron chi connectivity index (χ1n) is 5.46. The van der Waals surface area contributed by atoms with E-state index in [1.54, 1.807) is 0 Å². The van der Waals surface area contributed by atoms with Crippen LogP contribution in [0.25, 0.3) is 0 Å². The molecule has 1 aliphatic rings. The Morgan fingerprint density at radius 2 is 2.18 bits per heavy atom. The smallest absolute Gasteiger partial charge is 0.228 e. The third-order valence-electron chi connectivity index (χ3n) is 2.46. The van der Waals surface area contributed by atoms with E-state index in [-0.39, 0.29) is 11.7 Å². The van der Waals surface area contributed by atoms with Gasteiger partial charge in [-0.25, -0.2) is 0 Å². The van der Waals surface area contributed by atoms with E-state index in [4.69, 9.17) is 21.2 Å². The lowest BCUT2D eigenvalue weighted by molar-refractivity contribution is -0.146. The molecule has 0 saturated heterocycles. The first kappa shape index (κ1) is 12.9. The first-order chi connectivity index (χ1) is 8.20. The van der Waals surface area contributed by atoms with Gasteiger partial charge in [0.2, 0.25) is 6.29 Å². The highest BCUT2D eigenvalue weighted by atomic mass is 79.9. The molecule has 92 valence electrons. The maximum absolute atomic E-state index is 6.28. The summed E-state index contributed by atoms with van der Waals surface area (Å²) < 4.78 is 6.36. The van der Waals surface area contributed by atoms with E-state index in [0.717, 1.165) is 15.7 Å². The summed E-state index contributed by atoms with van der Waals surface area (Å²) in [6.45, 7) is 2.51. The van der Waals surface area contributed by atoms with Gasteiger partial charge in [0.05, 0.1) is 5.38 Å². The average molecular weight is 319 g/mol. The highest BCUT2D eigenvalue weighted by molar-refractivity contribution is 9.10. The van der Waals surface area contributed by atoms with Crippen molar-refractivity contribution in [3.05, 3.63) is 34.3 Å². The third-order valence-corrected chi connectivity index (χ3v) is 3.37. The maximum Gasteiger partial charge on any atom is 0.228 e. The molecule has 0 unspecified atom stereocenters. The summed E-state index contributed by atoms with van der Waals surface area (Å²) in [4.78, 5) is 5.26. The van der Waals surface area contributed by atoms with Crippen molar-refractivity contribution in [2.75, 3.05) is 6.61 Å². The molecule has 5 heteroatoms. The van der Waals surface area contributed by atoms with Gasteiger partial charge in [0.1, 0.15) is 5.71 Å². The minimum atomic E-state index is -0.332. The van der Waals surface area contributed by atoms with Gasteiger partial charge in [-0.15, -0.1) is 11.6 Å². The minimum absolute atomic E-state index is 0.179. The van der Waals surface area contributed by atoms with Crippen molar-refractivity contribution in [3.63, 3.8) is 0 Å². The van der Waals surface area contributed by atoms with Crippen LogP contribution < -0.4 is 0 Å². The van der Waals surface area contributed by atoms with E-state index < -0.39 is 0 Å². The molecule has 2 rings (SSSR count). The summed E-state index contributed by atoms with van der Waals surface area (Å²) in [6.07, 6.45) is 0.284. The van der Waals surface area contributed by atoms with Gasteiger partial charge in [-0.2, -0.15) is 0 Å². The lowest BCUT2D eigenvalue weighted by atomic mass is 10.0. The molecule has 0 fully saturated rings. The molecule has 1 aliphatic heterocycles. The van der Waals surface area contributed by atoms with Crippen LogP contribution in [0.5, 0.6) is 0 Å². The van der Waals surface area contributed by atoms with Gasteiger partial charge in [-0.3, -0.25) is 0 Å². The van der Waals surface area contributed by atoms with Gasteiger partial charge in [0.15, 0.2) is 0 Å². The van der Waals surface area contributed by atoms with Crippen LogP contribution in [0.3, 0.4) is 0 Å². The second-order valence-corrected chi connectivity index (χ2v) is 5.12. The molecule has 1 aromatic rings. The van der Waals surface area contributed by atoms with Gasteiger partial charge in [0, 0.05) is 23.1 Å². The highest BCUT2D eigenvalue weighted by Crippen LogP contribution is 2.23. The fourth-order valence-corrected chi connectivity index (χ4v) is 2.21. The fraction of sp³-hybridized carbons (Fsp3) is 0.417. The summed E-state index contributed by atoms with van der Waals surface area (Å²) in [5.41, 5.74) is 1.73. The summed E-state index contributed by atoms with van der Waals surface area (Å²) in [5.74, 6) is 0. The fourth-order valence-electron chi connectivity index (χ4n) is 1.63. The molecule has 17 heavy (non-hydrogen) atoms.